The van der Waals surface area contributed by atoms with Crippen molar-refractivity contribution in [3.8, 4) is 11.5 Å². The molecule has 29 heavy (non-hydrogen) atoms. The van der Waals surface area contributed by atoms with Crippen molar-refractivity contribution in [2.45, 2.75) is 46.1 Å². The molecule has 0 bridgehead atoms. The number of pyridine rings is 1. The van der Waals surface area contributed by atoms with Crippen molar-refractivity contribution in [2.24, 2.45) is 5.92 Å². The Morgan fingerprint density at radius 3 is 2.76 bits per heavy atom. The third kappa shape index (κ3) is 4.21. The normalized spacial score (nSPS) is 16.2. The lowest BCUT2D eigenvalue weighted by Gasteiger charge is -2.32. The van der Waals surface area contributed by atoms with Crippen LogP contribution in [0.4, 0.5) is 0 Å². The SMILES string of the molecule is Cc1cc(C)n(CC(C)C(=O)N2CCC(c3noc(-c4cccnc4)n3)CC2)n1. The van der Waals surface area contributed by atoms with Crippen LogP contribution in [0.3, 0.4) is 0 Å². The average molecular weight is 394 g/mol. The summed E-state index contributed by atoms with van der Waals surface area (Å²) in [6, 6.07) is 5.78. The number of aromatic nitrogens is 5. The fraction of sp³-hybridized carbons (Fsp3) is 0.476. The first-order chi connectivity index (χ1) is 14.0. The smallest absolute Gasteiger partial charge is 0.259 e. The van der Waals surface area contributed by atoms with Crippen molar-refractivity contribution < 1.29 is 9.32 Å². The van der Waals surface area contributed by atoms with Gasteiger partial charge in [-0.2, -0.15) is 10.1 Å². The van der Waals surface area contributed by atoms with Crippen LogP contribution in [-0.4, -0.2) is 48.8 Å². The monoisotopic (exact) mass is 394 g/mol. The maximum Gasteiger partial charge on any atom is 0.259 e. The average Bonchev–Trinajstić information content (AvgIpc) is 3.35. The maximum atomic E-state index is 12.9. The van der Waals surface area contributed by atoms with Crippen LogP contribution in [0.1, 0.15) is 42.9 Å². The van der Waals surface area contributed by atoms with E-state index in [2.05, 4.69) is 20.2 Å². The molecule has 0 radical (unpaired) electrons. The Labute approximate surface area is 169 Å². The molecule has 1 unspecified atom stereocenters. The van der Waals surface area contributed by atoms with Crippen LogP contribution in [0.15, 0.2) is 35.1 Å². The molecule has 1 saturated heterocycles. The minimum absolute atomic E-state index is 0.105. The zero-order valence-electron chi connectivity index (χ0n) is 17.1. The number of aryl methyl sites for hydroxylation is 2. The van der Waals surface area contributed by atoms with Gasteiger partial charge in [-0.15, -0.1) is 0 Å². The molecule has 1 atom stereocenters. The van der Waals surface area contributed by atoms with E-state index in [-0.39, 0.29) is 17.7 Å². The Hall–Kier alpha value is -3.03. The van der Waals surface area contributed by atoms with Crippen molar-refractivity contribution in [2.75, 3.05) is 13.1 Å². The fourth-order valence-corrected chi connectivity index (χ4v) is 3.87. The summed E-state index contributed by atoms with van der Waals surface area (Å²) in [7, 11) is 0. The van der Waals surface area contributed by atoms with E-state index in [0.717, 1.165) is 29.8 Å². The molecule has 4 heterocycles. The quantitative estimate of drug-likeness (QED) is 0.661. The van der Waals surface area contributed by atoms with E-state index < -0.39 is 0 Å². The van der Waals surface area contributed by atoms with E-state index in [4.69, 9.17) is 4.52 Å². The van der Waals surface area contributed by atoms with Crippen LogP contribution in [0.5, 0.6) is 0 Å². The van der Waals surface area contributed by atoms with Gasteiger partial charge < -0.3 is 9.42 Å². The van der Waals surface area contributed by atoms with E-state index in [1.165, 1.54) is 0 Å². The first kappa shape index (κ1) is 19.3. The lowest BCUT2D eigenvalue weighted by molar-refractivity contribution is -0.136. The third-order valence-electron chi connectivity index (χ3n) is 5.49. The van der Waals surface area contributed by atoms with Crippen LogP contribution in [-0.2, 0) is 11.3 Å². The second-order valence-corrected chi connectivity index (χ2v) is 7.81. The third-order valence-corrected chi connectivity index (χ3v) is 5.49. The molecular weight excluding hydrogens is 368 g/mol. The molecule has 0 saturated carbocycles. The van der Waals surface area contributed by atoms with E-state index in [1.54, 1.807) is 12.4 Å². The van der Waals surface area contributed by atoms with Crippen molar-refractivity contribution in [3.05, 3.63) is 47.8 Å². The van der Waals surface area contributed by atoms with Crippen molar-refractivity contribution >= 4 is 5.91 Å². The molecule has 1 amide bonds. The molecule has 8 nitrogen and oxygen atoms in total. The molecule has 1 fully saturated rings. The Balaban J connectivity index is 1.34. The van der Waals surface area contributed by atoms with Gasteiger partial charge in [-0.25, -0.2) is 0 Å². The van der Waals surface area contributed by atoms with Crippen LogP contribution in [0, 0.1) is 19.8 Å². The second-order valence-electron chi connectivity index (χ2n) is 7.81. The zero-order chi connectivity index (χ0) is 20.4. The van der Waals surface area contributed by atoms with Crippen LogP contribution < -0.4 is 0 Å². The highest BCUT2D eigenvalue weighted by molar-refractivity contribution is 5.78. The highest BCUT2D eigenvalue weighted by Crippen LogP contribution is 2.28. The van der Waals surface area contributed by atoms with Gasteiger partial charge in [-0.1, -0.05) is 12.1 Å². The van der Waals surface area contributed by atoms with E-state index in [1.807, 2.05) is 48.6 Å². The fourth-order valence-electron chi connectivity index (χ4n) is 3.87. The number of amides is 1. The predicted octanol–water partition coefficient (Wildman–Crippen LogP) is 2.99. The van der Waals surface area contributed by atoms with E-state index in [9.17, 15) is 4.79 Å². The standard InChI is InChI=1S/C21H26N6O2/c1-14(13-27-16(3)11-15(2)24-27)21(28)26-9-6-17(7-10-26)19-23-20(29-25-19)18-5-4-8-22-12-18/h4-5,8,11-12,14,17H,6-7,9-10,13H2,1-3H3. The Kier molecular flexibility index (Phi) is 5.42. The highest BCUT2D eigenvalue weighted by atomic mass is 16.5. The minimum atomic E-state index is -0.105. The Bertz CT molecular complexity index is 972. The molecule has 8 heteroatoms. The maximum absolute atomic E-state index is 12.9. The number of nitrogens with zero attached hydrogens (tertiary/aromatic N) is 6. The Morgan fingerprint density at radius 1 is 1.31 bits per heavy atom. The summed E-state index contributed by atoms with van der Waals surface area (Å²) in [5.74, 6) is 1.49. The van der Waals surface area contributed by atoms with Gasteiger partial charge >= 0.3 is 0 Å². The summed E-state index contributed by atoms with van der Waals surface area (Å²) in [6.07, 6.45) is 5.10. The van der Waals surface area contributed by atoms with Gasteiger partial charge in [0.2, 0.25) is 5.91 Å². The number of carbonyl (C=O) groups excluding carboxylic acids is 1. The first-order valence-corrected chi connectivity index (χ1v) is 10.0. The zero-order valence-corrected chi connectivity index (χ0v) is 17.1. The van der Waals surface area contributed by atoms with Crippen molar-refractivity contribution in [1.29, 1.82) is 0 Å². The molecule has 0 aromatic carbocycles. The summed E-state index contributed by atoms with van der Waals surface area (Å²) >= 11 is 0. The summed E-state index contributed by atoms with van der Waals surface area (Å²) in [5, 5.41) is 8.63. The number of likely N-dealkylation sites (tertiary alicyclic amines) is 1. The van der Waals surface area contributed by atoms with Crippen LogP contribution in [0.2, 0.25) is 0 Å². The summed E-state index contributed by atoms with van der Waals surface area (Å²) in [5.41, 5.74) is 2.88. The van der Waals surface area contributed by atoms with Gasteiger partial charge in [0.25, 0.3) is 5.89 Å². The lowest BCUT2D eigenvalue weighted by Crippen LogP contribution is -2.42. The molecule has 3 aromatic rings. The lowest BCUT2D eigenvalue weighted by atomic mass is 9.95. The summed E-state index contributed by atoms with van der Waals surface area (Å²) in [4.78, 5) is 23.5. The molecule has 0 aliphatic carbocycles. The van der Waals surface area contributed by atoms with Gasteiger partial charge in [0, 0.05) is 37.1 Å². The minimum Gasteiger partial charge on any atom is -0.342 e. The van der Waals surface area contributed by atoms with Gasteiger partial charge in [0.1, 0.15) is 0 Å². The van der Waals surface area contributed by atoms with Crippen molar-refractivity contribution in [3.63, 3.8) is 0 Å². The molecule has 152 valence electrons. The molecule has 1 aliphatic rings. The number of hydrogen-bond acceptors (Lipinski definition) is 6. The van der Waals surface area contributed by atoms with Gasteiger partial charge in [-0.3, -0.25) is 14.5 Å². The van der Waals surface area contributed by atoms with Gasteiger partial charge in [0.15, 0.2) is 5.82 Å². The molecular formula is C21H26N6O2. The molecule has 4 rings (SSSR count). The molecule has 0 spiro atoms. The summed E-state index contributed by atoms with van der Waals surface area (Å²) in [6.45, 7) is 8.00. The second kappa shape index (κ2) is 8.14. The highest BCUT2D eigenvalue weighted by Gasteiger charge is 2.29. The number of piperidine rings is 1. The van der Waals surface area contributed by atoms with Crippen LogP contribution in [0.25, 0.3) is 11.5 Å². The molecule has 1 aliphatic heterocycles. The number of rotatable bonds is 5. The van der Waals surface area contributed by atoms with E-state index >= 15 is 0 Å². The number of carbonyl (C=O) groups is 1. The first-order valence-electron chi connectivity index (χ1n) is 10.0. The topological polar surface area (TPSA) is 89.9 Å². The molecule has 0 N–H and O–H groups in total. The van der Waals surface area contributed by atoms with E-state index in [0.29, 0.717) is 31.3 Å². The molecule has 3 aromatic heterocycles. The predicted molar refractivity (Wildman–Crippen MR) is 107 cm³/mol. The van der Waals surface area contributed by atoms with Crippen molar-refractivity contribution in [1.82, 2.24) is 29.8 Å². The van der Waals surface area contributed by atoms with Gasteiger partial charge in [0.05, 0.1) is 23.7 Å². The van der Waals surface area contributed by atoms with Crippen LogP contribution >= 0.6 is 0 Å². The summed E-state index contributed by atoms with van der Waals surface area (Å²) < 4.78 is 7.33. The van der Waals surface area contributed by atoms with Gasteiger partial charge in [-0.05, 0) is 44.9 Å². The Morgan fingerprint density at radius 2 is 2.10 bits per heavy atom. The largest absolute Gasteiger partial charge is 0.342 e. The number of hydrogen-bond donors (Lipinski definition) is 0.